The Kier molecular flexibility index (Phi) is 5.02. The van der Waals surface area contributed by atoms with Gasteiger partial charge in [-0.3, -0.25) is 0 Å². The van der Waals surface area contributed by atoms with Crippen LogP contribution in [0.25, 0.3) is 10.2 Å². The van der Waals surface area contributed by atoms with Gasteiger partial charge in [0.25, 0.3) is 0 Å². The molecule has 0 saturated carbocycles. The van der Waals surface area contributed by atoms with Gasteiger partial charge in [0.1, 0.15) is 9.86 Å². The Morgan fingerprint density at radius 2 is 2.14 bits per heavy atom. The number of nitrogens with zero attached hydrogens (tertiary/aromatic N) is 2. The molecule has 3 nitrogen and oxygen atoms in total. The van der Waals surface area contributed by atoms with Gasteiger partial charge in [0.15, 0.2) is 5.16 Å². The van der Waals surface area contributed by atoms with Gasteiger partial charge >= 0.3 is 0 Å². The van der Waals surface area contributed by atoms with Crippen LogP contribution in [-0.4, -0.2) is 27.6 Å². The molecule has 22 heavy (non-hydrogen) atoms. The molecule has 0 N–H and O–H groups in total. The van der Waals surface area contributed by atoms with Gasteiger partial charge in [-0.15, -0.1) is 23.1 Å². The minimum absolute atomic E-state index is 0.0493. The summed E-state index contributed by atoms with van der Waals surface area (Å²) < 4.78 is 6.09. The standard InChI is InChI=1S/C16H22N2OS3/c1-5-7-21-15-17-13(20-4)12-10-8-16(3,6-2)19-9-11(10)22-14(12)18-15/h5-9H2,1-4H3. The monoisotopic (exact) mass is 354 g/mol. The molecule has 0 fully saturated rings. The normalized spacial score (nSPS) is 21.3. The Balaban J connectivity index is 2.09. The molecular weight excluding hydrogens is 332 g/mol. The molecule has 0 aliphatic carbocycles. The van der Waals surface area contributed by atoms with E-state index in [-0.39, 0.29) is 5.60 Å². The minimum Gasteiger partial charge on any atom is -0.369 e. The summed E-state index contributed by atoms with van der Waals surface area (Å²) in [5, 5.41) is 3.31. The minimum atomic E-state index is -0.0493. The number of hydrogen-bond donors (Lipinski definition) is 0. The molecule has 0 aromatic carbocycles. The van der Waals surface area contributed by atoms with Gasteiger partial charge in [0, 0.05) is 22.4 Å². The van der Waals surface area contributed by atoms with Crippen LogP contribution in [-0.2, 0) is 17.8 Å². The maximum absolute atomic E-state index is 6.09. The number of rotatable bonds is 5. The Bertz CT molecular complexity index is 686. The van der Waals surface area contributed by atoms with Crippen molar-refractivity contribution < 1.29 is 4.74 Å². The number of thioether (sulfide) groups is 2. The summed E-state index contributed by atoms with van der Waals surface area (Å²) in [5.41, 5.74) is 1.37. The van der Waals surface area contributed by atoms with Crippen LogP contribution in [0.1, 0.15) is 44.1 Å². The molecule has 1 unspecified atom stereocenters. The predicted octanol–water partition coefficient (Wildman–Crippen LogP) is 5.16. The van der Waals surface area contributed by atoms with Gasteiger partial charge in [-0.05, 0) is 31.6 Å². The second-order valence-electron chi connectivity index (χ2n) is 5.82. The number of thiophene rings is 1. The van der Waals surface area contributed by atoms with E-state index in [0.29, 0.717) is 6.61 Å². The van der Waals surface area contributed by atoms with E-state index in [2.05, 4.69) is 27.0 Å². The van der Waals surface area contributed by atoms with Gasteiger partial charge in [-0.1, -0.05) is 25.6 Å². The fourth-order valence-electron chi connectivity index (χ4n) is 2.65. The van der Waals surface area contributed by atoms with Gasteiger partial charge in [0.2, 0.25) is 0 Å². The zero-order valence-corrected chi connectivity index (χ0v) is 16.0. The highest BCUT2D eigenvalue weighted by Crippen LogP contribution is 2.42. The van der Waals surface area contributed by atoms with Crippen molar-refractivity contribution in [2.24, 2.45) is 0 Å². The van der Waals surface area contributed by atoms with Crippen molar-refractivity contribution in [3.05, 3.63) is 10.4 Å². The molecule has 0 amide bonds. The third kappa shape index (κ3) is 3.03. The first-order valence-corrected chi connectivity index (χ1v) is 10.8. The van der Waals surface area contributed by atoms with E-state index in [1.165, 1.54) is 15.8 Å². The van der Waals surface area contributed by atoms with Crippen LogP contribution in [0.4, 0.5) is 0 Å². The van der Waals surface area contributed by atoms with Crippen molar-refractivity contribution in [3.63, 3.8) is 0 Å². The van der Waals surface area contributed by atoms with Gasteiger partial charge < -0.3 is 4.74 Å². The van der Waals surface area contributed by atoms with Crippen LogP contribution in [0, 0.1) is 0 Å². The van der Waals surface area contributed by atoms with Crippen molar-refractivity contribution in [2.45, 2.75) is 62.4 Å². The van der Waals surface area contributed by atoms with Crippen LogP contribution >= 0.6 is 34.9 Å². The van der Waals surface area contributed by atoms with Crippen molar-refractivity contribution in [1.29, 1.82) is 0 Å². The molecule has 0 saturated heterocycles. The molecule has 0 bridgehead atoms. The molecule has 1 atom stereocenters. The third-order valence-corrected chi connectivity index (χ3v) is 6.99. The zero-order valence-electron chi connectivity index (χ0n) is 13.6. The molecule has 0 spiro atoms. The number of aromatic nitrogens is 2. The molecule has 3 rings (SSSR count). The molecule has 0 radical (unpaired) electrons. The summed E-state index contributed by atoms with van der Waals surface area (Å²) in [6, 6.07) is 0. The fraction of sp³-hybridized carbons (Fsp3) is 0.625. The summed E-state index contributed by atoms with van der Waals surface area (Å²) >= 11 is 5.27. The van der Waals surface area contributed by atoms with E-state index in [0.717, 1.165) is 40.0 Å². The highest BCUT2D eigenvalue weighted by atomic mass is 32.2. The molecule has 1 aliphatic heterocycles. The maximum Gasteiger partial charge on any atom is 0.190 e. The van der Waals surface area contributed by atoms with Crippen LogP contribution in [0.2, 0.25) is 0 Å². The molecule has 2 aromatic heterocycles. The topological polar surface area (TPSA) is 35.0 Å². The smallest absolute Gasteiger partial charge is 0.190 e. The van der Waals surface area contributed by atoms with Gasteiger partial charge in [0.05, 0.1) is 12.2 Å². The van der Waals surface area contributed by atoms with Crippen LogP contribution < -0.4 is 0 Å². The lowest BCUT2D eigenvalue weighted by atomic mass is 9.90. The average Bonchev–Trinajstić information content (AvgIpc) is 2.89. The van der Waals surface area contributed by atoms with E-state index < -0.39 is 0 Å². The molecule has 2 aromatic rings. The molecule has 1 aliphatic rings. The first-order chi connectivity index (χ1) is 10.6. The summed E-state index contributed by atoms with van der Waals surface area (Å²) in [6.45, 7) is 7.31. The first kappa shape index (κ1) is 16.6. The van der Waals surface area contributed by atoms with E-state index in [1.54, 1.807) is 34.9 Å². The van der Waals surface area contributed by atoms with E-state index in [4.69, 9.17) is 14.7 Å². The first-order valence-electron chi connectivity index (χ1n) is 7.73. The quantitative estimate of drug-likeness (QED) is 0.421. The highest BCUT2D eigenvalue weighted by molar-refractivity contribution is 7.99. The summed E-state index contributed by atoms with van der Waals surface area (Å²) in [5.74, 6) is 1.07. The second-order valence-corrected chi connectivity index (χ2v) is 8.76. The Morgan fingerprint density at radius 3 is 2.82 bits per heavy atom. The Hall–Kier alpha value is -0.300. The second kappa shape index (κ2) is 6.67. The molecule has 6 heteroatoms. The van der Waals surface area contributed by atoms with Crippen LogP contribution in [0.3, 0.4) is 0 Å². The Morgan fingerprint density at radius 1 is 1.32 bits per heavy atom. The van der Waals surface area contributed by atoms with E-state index >= 15 is 0 Å². The van der Waals surface area contributed by atoms with Crippen LogP contribution in [0.15, 0.2) is 10.2 Å². The van der Waals surface area contributed by atoms with Gasteiger partial charge in [-0.25, -0.2) is 9.97 Å². The SMILES string of the molecule is CCCSc1nc(SC)c2c3c(sc2n1)COC(C)(CC)C3. The lowest BCUT2D eigenvalue weighted by molar-refractivity contribution is -0.0543. The van der Waals surface area contributed by atoms with E-state index in [1.807, 2.05) is 0 Å². The maximum atomic E-state index is 6.09. The summed E-state index contributed by atoms with van der Waals surface area (Å²) in [6.07, 6.45) is 5.25. The zero-order chi connectivity index (χ0) is 15.7. The molecular formula is C16H22N2OS3. The fourth-order valence-corrected chi connectivity index (χ4v) is 5.24. The molecule has 3 heterocycles. The predicted molar refractivity (Wildman–Crippen MR) is 97.4 cm³/mol. The summed E-state index contributed by atoms with van der Waals surface area (Å²) in [7, 11) is 0. The third-order valence-electron chi connectivity index (χ3n) is 4.16. The van der Waals surface area contributed by atoms with Gasteiger partial charge in [-0.2, -0.15) is 0 Å². The lowest BCUT2D eigenvalue weighted by Gasteiger charge is -2.33. The molecule has 120 valence electrons. The lowest BCUT2D eigenvalue weighted by Crippen LogP contribution is -2.33. The van der Waals surface area contributed by atoms with Crippen LogP contribution in [0.5, 0.6) is 0 Å². The number of ether oxygens (including phenoxy) is 1. The van der Waals surface area contributed by atoms with E-state index in [9.17, 15) is 0 Å². The van der Waals surface area contributed by atoms with Crippen molar-refractivity contribution in [2.75, 3.05) is 12.0 Å². The number of fused-ring (bicyclic) bond motifs is 3. The number of hydrogen-bond acceptors (Lipinski definition) is 6. The average molecular weight is 355 g/mol. The van der Waals surface area contributed by atoms with Crippen molar-refractivity contribution in [3.8, 4) is 0 Å². The summed E-state index contributed by atoms with van der Waals surface area (Å²) in [4.78, 5) is 12.1. The van der Waals surface area contributed by atoms with Crippen molar-refractivity contribution in [1.82, 2.24) is 9.97 Å². The Labute approximate surface area is 144 Å². The highest BCUT2D eigenvalue weighted by Gasteiger charge is 2.33. The van der Waals surface area contributed by atoms with Crippen molar-refractivity contribution >= 4 is 45.1 Å². The largest absolute Gasteiger partial charge is 0.369 e.